The topological polar surface area (TPSA) is 94.5 Å². The summed E-state index contributed by atoms with van der Waals surface area (Å²) in [7, 11) is 0. The molecule has 3 aliphatic heterocycles. The molecule has 0 bridgehead atoms. The Balaban J connectivity index is 1.64. The number of carbonyl (C=O) groups excluding carboxylic acids is 2. The second-order valence-electron chi connectivity index (χ2n) is 7.46. The van der Waals surface area contributed by atoms with Crippen LogP contribution in [-0.4, -0.2) is 48.2 Å². The maximum atomic E-state index is 13.0. The van der Waals surface area contributed by atoms with Crippen molar-refractivity contribution in [3.05, 3.63) is 53.1 Å². The summed E-state index contributed by atoms with van der Waals surface area (Å²) in [6, 6.07) is 9.49. The van der Waals surface area contributed by atoms with Gasteiger partial charge in [-0.25, -0.2) is 0 Å². The van der Waals surface area contributed by atoms with Crippen LogP contribution < -0.4 is 18.9 Å². The number of benzene rings is 2. The zero-order valence-electron chi connectivity index (χ0n) is 16.9. The number of amides is 1. The van der Waals surface area contributed by atoms with Crippen molar-refractivity contribution >= 4 is 17.4 Å². The first-order valence-corrected chi connectivity index (χ1v) is 10.2. The van der Waals surface area contributed by atoms with Gasteiger partial charge in [0.2, 0.25) is 6.79 Å². The first-order chi connectivity index (χ1) is 15.1. The van der Waals surface area contributed by atoms with E-state index in [0.29, 0.717) is 60.3 Å². The van der Waals surface area contributed by atoms with E-state index in [1.165, 1.54) is 4.90 Å². The van der Waals surface area contributed by atoms with Gasteiger partial charge in [-0.15, -0.1) is 0 Å². The highest BCUT2D eigenvalue weighted by Gasteiger charge is 2.46. The number of rotatable bonds is 4. The SMILES string of the molecule is CCCN1C(=O)C(=O)/C(=C(\O)c2ccc3c(c2)OCO3)C1c1ccc2c(c1)OCCO2. The van der Waals surface area contributed by atoms with Gasteiger partial charge in [-0.05, 0) is 42.3 Å². The van der Waals surface area contributed by atoms with Crippen molar-refractivity contribution in [3.63, 3.8) is 0 Å². The molecular weight excluding hydrogens is 402 g/mol. The minimum Gasteiger partial charge on any atom is -0.507 e. The third-order valence-electron chi connectivity index (χ3n) is 5.53. The van der Waals surface area contributed by atoms with E-state index < -0.39 is 17.7 Å². The van der Waals surface area contributed by atoms with Crippen molar-refractivity contribution in [2.24, 2.45) is 0 Å². The Labute approximate surface area is 178 Å². The summed E-state index contributed by atoms with van der Waals surface area (Å²) in [6.45, 7) is 3.28. The Hall–Kier alpha value is -3.68. The van der Waals surface area contributed by atoms with Gasteiger partial charge in [-0.1, -0.05) is 13.0 Å². The van der Waals surface area contributed by atoms with E-state index in [9.17, 15) is 14.7 Å². The Morgan fingerprint density at radius 3 is 2.45 bits per heavy atom. The third kappa shape index (κ3) is 3.15. The Morgan fingerprint density at radius 2 is 1.65 bits per heavy atom. The second-order valence-corrected chi connectivity index (χ2v) is 7.46. The molecule has 1 unspecified atom stereocenters. The number of carbonyl (C=O) groups is 2. The van der Waals surface area contributed by atoms with Crippen molar-refractivity contribution in [3.8, 4) is 23.0 Å². The van der Waals surface area contributed by atoms with Gasteiger partial charge in [0.05, 0.1) is 11.6 Å². The van der Waals surface area contributed by atoms with Crippen LogP contribution in [0, 0.1) is 0 Å². The highest BCUT2D eigenvalue weighted by Crippen LogP contribution is 2.43. The van der Waals surface area contributed by atoms with Gasteiger partial charge < -0.3 is 29.0 Å². The van der Waals surface area contributed by atoms with Crippen LogP contribution in [0.3, 0.4) is 0 Å². The van der Waals surface area contributed by atoms with Crippen LogP contribution in [0.5, 0.6) is 23.0 Å². The standard InChI is InChI=1S/C23H21NO7/c1-2-7-24-20(13-3-5-15-17(10-13)29-9-8-28-15)19(22(26)23(24)27)21(25)14-4-6-16-18(11-14)31-12-30-16/h3-6,10-11,20,25H,2,7-9,12H2,1H3/b21-19-. The summed E-state index contributed by atoms with van der Waals surface area (Å²) in [5.41, 5.74) is 1.08. The van der Waals surface area contributed by atoms with Gasteiger partial charge in [0.25, 0.3) is 11.7 Å². The van der Waals surface area contributed by atoms with Crippen LogP contribution in [0.1, 0.15) is 30.5 Å². The monoisotopic (exact) mass is 423 g/mol. The number of fused-ring (bicyclic) bond motifs is 2. The number of aliphatic hydroxyl groups excluding tert-OH is 1. The van der Waals surface area contributed by atoms with Crippen LogP contribution in [0.25, 0.3) is 5.76 Å². The lowest BCUT2D eigenvalue weighted by Gasteiger charge is -2.26. The fourth-order valence-electron chi connectivity index (χ4n) is 4.13. The molecule has 31 heavy (non-hydrogen) atoms. The number of hydrogen-bond donors (Lipinski definition) is 1. The molecule has 1 saturated heterocycles. The predicted molar refractivity (Wildman–Crippen MR) is 109 cm³/mol. The predicted octanol–water partition coefficient (Wildman–Crippen LogP) is 3.02. The number of nitrogens with zero attached hydrogens (tertiary/aromatic N) is 1. The maximum Gasteiger partial charge on any atom is 0.295 e. The van der Waals surface area contributed by atoms with Crippen molar-refractivity contribution in [1.29, 1.82) is 0 Å². The number of hydrogen-bond acceptors (Lipinski definition) is 7. The largest absolute Gasteiger partial charge is 0.507 e. The van der Waals surface area contributed by atoms with Gasteiger partial charge in [0.1, 0.15) is 19.0 Å². The first kappa shape index (κ1) is 19.3. The lowest BCUT2D eigenvalue weighted by molar-refractivity contribution is -0.139. The fraction of sp³-hybridized carbons (Fsp3) is 0.304. The molecule has 3 aliphatic rings. The van der Waals surface area contributed by atoms with Crippen LogP contribution in [0.4, 0.5) is 0 Å². The molecule has 1 N–H and O–H groups in total. The lowest BCUT2D eigenvalue weighted by atomic mass is 9.94. The summed E-state index contributed by atoms with van der Waals surface area (Å²) in [5.74, 6) is 0.587. The quantitative estimate of drug-likeness (QED) is 0.459. The molecule has 1 amide bonds. The Bertz CT molecular complexity index is 1110. The van der Waals surface area contributed by atoms with Gasteiger partial charge in [-0.2, -0.15) is 0 Å². The lowest BCUT2D eigenvalue weighted by Crippen LogP contribution is -2.30. The van der Waals surface area contributed by atoms with Crippen LogP contribution in [0.2, 0.25) is 0 Å². The molecule has 0 spiro atoms. The molecule has 1 atom stereocenters. The van der Waals surface area contributed by atoms with E-state index in [4.69, 9.17) is 18.9 Å². The van der Waals surface area contributed by atoms with Crippen molar-refractivity contribution in [1.82, 2.24) is 4.90 Å². The number of aliphatic hydroxyl groups is 1. The van der Waals surface area contributed by atoms with Crippen molar-refractivity contribution < 1.29 is 33.6 Å². The molecule has 0 saturated carbocycles. The fourth-order valence-corrected chi connectivity index (χ4v) is 4.13. The van der Waals surface area contributed by atoms with Crippen molar-refractivity contribution in [2.45, 2.75) is 19.4 Å². The average Bonchev–Trinajstić information content (AvgIpc) is 3.36. The summed E-state index contributed by atoms with van der Waals surface area (Å²) >= 11 is 0. The number of ether oxygens (including phenoxy) is 4. The highest BCUT2D eigenvalue weighted by atomic mass is 16.7. The van der Waals surface area contributed by atoms with E-state index in [2.05, 4.69) is 0 Å². The molecule has 0 aliphatic carbocycles. The van der Waals surface area contributed by atoms with Crippen LogP contribution in [0.15, 0.2) is 42.0 Å². The summed E-state index contributed by atoms with van der Waals surface area (Å²) in [4.78, 5) is 27.3. The van der Waals surface area contributed by atoms with Gasteiger partial charge in [-0.3, -0.25) is 9.59 Å². The minimum absolute atomic E-state index is 0.0361. The smallest absolute Gasteiger partial charge is 0.295 e. The molecular formula is C23H21NO7. The maximum absolute atomic E-state index is 13.0. The first-order valence-electron chi connectivity index (χ1n) is 10.2. The third-order valence-corrected chi connectivity index (χ3v) is 5.53. The molecule has 5 rings (SSSR count). The van der Waals surface area contributed by atoms with Crippen LogP contribution >= 0.6 is 0 Å². The normalized spacial score (nSPS) is 20.9. The second kappa shape index (κ2) is 7.54. The molecule has 1 fully saturated rings. The van der Waals surface area contributed by atoms with Gasteiger partial charge in [0.15, 0.2) is 23.0 Å². The summed E-state index contributed by atoms with van der Waals surface area (Å²) < 4.78 is 22.0. The minimum atomic E-state index is -0.735. The summed E-state index contributed by atoms with van der Waals surface area (Å²) in [5, 5.41) is 11.1. The number of likely N-dealkylation sites (tertiary alicyclic amines) is 1. The van der Waals surface area contributed by atoms with E-state index in [1.807, 2.05) is 6.92 Å². The number of Topliss-reactive ketones (excluding diaryl/α,β-unsaturated/α-hetero) is 1. The Morgan fingerprint density at radius 1 is 0.968 bits per heavy atom. The van der Waals surface area contributed by atoms with Gasteiger partial charge >= 0.3 is 0 Å². The molecule has 8 heteroatoms. The molecule has 2 aromatic rings. The molecule has 160 valence electrons. The average molecular weight is 423 g/mol. The number of ketones is 1. The molecule has 0 radical (unpaired) electrons. The van der Waals surface area contributed by atoms with E-state index in [-0.39, 0.29) is 18.1 Å². The van der Waals surface area contributed by atoms with Gasteiger partial charge in [0, 0.05) is 12.1 Å². The zero-order chi connectivity index (χ0) is 21.5. The zero-order valence-corrected chi connectivity index (χ0v) is 16.9. The summed E-state index contributed by atoms with van der Waals surface area (Å²) in [6.07, 6.45) is 0.665. The van der Waals surface area contributed by atoms with Crippen LogP contribution in [-0.2, 0) is 9.59 Å². The molecule has 2 aromatic carbocycles. The molecule has 0 aromatic heterocycles. The van der Waals surface area contributed by atoms with Crippen molar-refractivity contribution in [2.75, 3.05) is 26.6 Å². The highest BCUT2D eigenvalue weighted by molar-refractivity contribution is 6.46. The van der Waals surface area contributed by atoms with E-state index >= 15 is 0 Å². The van der Waals surface area contributed by atoms with E-state index in [0.717, 1.165) is 0 Å². The molecule has 8 nitrogen and oxygen atoms in total. The molecule has 3 heterocycles. The Kier molecular flexibility index (Phi) is 4.69. The van der Waals surface area contributed by atoms with E-state index in [1.54, 1.807) is 36.4 Å².